The molecule has 110 valence electrons. The average molecular weight is 291 g/mol. The van der Waals surface area contributed by atoms with Crippen molar-refractivity contribution in [1.29, 1.82) is 0 Å². The standard InChI is InChI=1S/C12H12F3NO4/c13-12(14,15)7-1-2-8-10(20-4-3-19-8)9(7)6(5-16)11(17)18/h1-2,6H,3-5,16H2,(H,17,18). The number of carboxylic acid groups (broad SMARTS) is 1. The number of rotatable bonds is 3. The molecule has 1 aromatic carbocycles. The second-order valence-electron chi connectivity index (χ2n) is 4.18. The fraction of sp³-hybridized carbons (Fsp3) is 0.417. The van der Waals surface area contributed by atoms with Crippen LogP contribution in [0.5, 0.6) is 11.5 Å². The van der Waals surface area contributed by atoms with Gasteiger partial charge in [0.2, 0.25) is 0 Å². The fourth-order valence-electron chi connectivity index (χ4n) is 2.07. The molecule has 0 spiro atoms. The van der Waals surface area contributed by atoms with Crippen molar-refractivity contribution in [3.05, 3.63) is 23.3 Å². The molecule has 8 heteroatoms. The lowest BCUT2D eigenvalue weighted by atomic mass is 9.92. The number of carboxylic acids is 1. The highest BCUT2D eigenvalue weighted by Crippen LogP contribution is 2.45. The van der Waals surface area contributed by atoms with Gasteiger partial charge in [0.15, 0.2) is 11.5 Å². The van der Waals surface area contributed by atoms with Crippen molar-refractivity contribution in [2.75, 3.05) is 19.8 Å². The first-order valence-electron chi connectivity index (χ1n) is 5.78. The predicted octanol–water partition coefficient (Wildman–Crippen LogP) is 1.60. The van der Waals surface area contributed by atoms with Crippen LogP contribution >= 0.6 is 0 Å². The summed E-state index contributed by atoms with van der Waals surface area (Å²) in [6, 6.07) is 1.91. The highest BCUT2D eigenvalue weighted by molar-refractivity contribution is 5.79. The Labute approximate surface area is 112 Å². The molecule has 1 atom stereocenters. The summed E-state index contributed by atoms with van der Waals surface area (Å²) in [7, 11) is 0. The molecular formula is C12H12F3NO4. The minimum atomic E-state index is -4.70. The lowest BCUT2D eigenvalue weighted by Crippen LogP contribution is -2.27. The Balaban J connectivity index is 2.68. The Bertz CT molecular complexity index is 530. The molecule has 1 unspecified atom stereocenters. The Morgan fingerprint density at radius 1 is 1.35 bits per heavy atom. The summed E-state index contributed by atoms with van der Waals surface area (Å²) in [5, 5.41) is 9.07. The van der Waals surface area contributed by atoms with Gasteiger partial charge in [-0.05, 0) is 12.1 Å². The van der Waals surface area contributed by atoms with Crippen molar-refractivity contribution < 1.29 is 32.5 Å². The lowest BCUT2D eigenvalue weighted by Gasteiger charge is -2.26. The summed E-state index contributed by atoms with van der Waals surface area (Å²) >= 11 is 0. The molecule has 0 amide bonds. The number of aliphatic carboxylic acids is 1. The molecule has 1 aromatic rings. The second kappa shape index (κ2) is 5.20. The van der Waals surface area contributed by atoms with Gasteiger partial charge in [-0.25, -0.2) is 0 Å². The van der Waals surface area contributed by atoms with Gasteiger partial charge >= 0.3 is 12.1 Å². The normalized spacial score (nSPS) is 15.8. The van der Waals surface area contributed by atoms with Crippen molar-refractivity contribution in [1.82, 2.24) is 0 Å². The largest absolute Gasteiger partial charge is 0.486 e. The van der Waals surface area contributed by atoms with Crippen molar-refractivity contribution in [3.8, 4) is 11.5 Å². The van der Waals surface area contributed by atoms with E-state index in [-0.39, 0.29) is 24.7 Å². The van der Waals surface area contributed by atoms with Crippen LogP contribution in [0.15, 0.2) is 12.1 Å². The van der Waals surface area contributed by atoms with Gasteiger partial charge in [-0.15, -0.1) is 0 Å². The van der Waals surface area contributed by atoms with Crippen LogP contribution in [0.3, 0.4) is 0 Å². The van der Waals surface area contributed by atoms with E-state index < -0.39 is 35.7 Å². The maximum atomic E-state index is 13.0. The van der Waals surface area contributed by atoms with Crippen molar-refractivity contribution in [3.63, 3.8) is 0 Å². The topological polar surface area (TPSA) is 81.8 Å². The monoisotopic (exact) mass is 291 g/mol. The molecule has 0 fully saturated rings. The van der Waals surface area contributed by atoms with E-state index in [1.54, 1.807) is 0 Å². The molecule has 5 nitrogen and oxygen atoms in total. The third-order valence-corrected chi connectivity index (χ3v) is 2.93. The van der Waals surface area contributed by atoms with Gasteiger partial charge in [-0.1, -0.05) is 0 Å². The third-order valence-electron chi connectivity index (χ3n) is 2.93. The number of benzene rings is 1. The Morgan fingerprint density at radius 3 is 2.55 bits per heavy atom. The van der Waals surface area contributed by atoms with E-state index in [2.05, 4.69) is 0 Å². The van der Waals surface area contributed by atoms with E-state index >= 15 is 0 Å². The number of alkyl halides is 3. The minimum absolute atomic E-state index is 0.0538. The van der Waals surface area contributed by atoms with Gasteiger partial charge in [0.05, 0.1) is 11.5 Å². The molecule has 1 aliphatic rings. The van der Waals surface area contributed by atoms with E-state index in [0.717, 1.165) is 12.1 Å². The summed E-state index contributed by atoms with van der Waals surface area (Å²) in [5.41, 5.74) is 3.75. The molecule has 0 saturated carbocycles. The zero-order chi connectivity index (χ0) is 14.9. The summed E-state index contributed by atoms with van der Waals surface area (Å²) < 4.78 is 49.5. The summed E-state index contributed by atoms with van der Waals surface area (Å²) in [4.78, 5) is 11.2. The molecule has 3 N–H and O–H groups in total. The minimum Gasteiger partial charge on any atom is -0.486 e. The maximum absolute atomic E-state index is 13.0. The first kappa shape index (κ1) is 14.4. The van der Waals surface area contributed by atoms with Gasteiger partial charge in [-0.3, -0.25) is 4.79 Å². The zero-order valence-electron chi connectivity index (χ0n) is 10.2. The fourth-order valence-corrected chi connectivity index (χ4v) is 2.07. The first-order valence-corrected chi connectivity index (χ1v) is 5.78. The highest BCUT2D eigenvalue weighted by Gasteiger charge is 2.40. The van der Waals surface area contributed by atoms with Gasteiger partial charge in [-0.2, -0.15) is 13.2 Å². The highest BCUT2D eigenvalue weighted by atomic mass is 19.4. The van der Waals surface area contributed by atoms with E-state index in [4.69, 9.17) is 20.3 Å². The van der Waals surface area contributed by atoms with E-state index in [1.165, 1.54) is 0 Å². The van der Waals surface area contributed by atoms with Crippen molar-refractivity contribution in [2.24, 2.45) is 5.73 Å². The van der Waals surface area contributed by atoms with Gasteiger partial charge < -0.3 is 20.3 Å². The maximum Gasteiger partial charge on any atom is 0.416 e. The Kier molecular flexibility index (Phi) is 3.76. The van der Waals surface area contributed by atoms with Crippen LogP contribution < -0.4 is 15.2 Å². The number of fused-ring (bicyclic) bond motifs is 1. The molecule has 0 aliphatic carbocycles. The number of carbonyl (C=O) groups is 1. The van der Waals surface area contributed by atoms with E-state index in [1.807, 2.05) is 0 Å². The average Bonchev–Trinajstić information content (AvgIpc) is 2.38. The molecule has 0 bridgehead atoms. The van der Waals surface area contributed by atoms with Crippen LogP contribution in [-0.4, -0.2) is 30.8 Å². The zero-order valence-corrected chi connectivity index (χ0v) is 10.2. The van der Waals surface area contributed by atoms with Crippen LogP contribution in [0.1, 0.15) is 17.0 Å². The molecule has 1 aliphatic heterocycles. The molecule has 1 heterocycles. The molecular weight excluding hydrogens is 279 g/mol. The van der Waals surface area contributed by atoms with Crippen molar-refractivity contribution in [2.45, 2.75) is 12.1 Å². The van der Waals surface area contributed by atoms with Crippen LogP contribution in [0.25, 0.3) is 0 Å². The van der Waals surface area contributed by atoms with Gasteiger partial charge in [0.25, 0.3) is 0 Å². The van der Waals surface area contributed by atoms with Crippen LogP contribution in [0.4, 0.5) is 13.2 Å². The Morgan fingerprint density at radius 2 is 2.00 bits per heavy atom. The van der Waals surface area contributed by atoms with E-state index in [0.29, 0.717) is 0 Å². The lowest BCUT2D eigenvalue weighted by molar-refractivity contribution is -0.141. The molecule has 2 rings (SSSR count). The van der Waals surface area contributed by atoms with Gasteiger partial charge in [0, 0.05) is 12.1 Å². The van der Waals surface area contributed by atoms with Gasteiger partial charge in [0.1, 0.15) is 13.2 Å². The molecule has 0 aromatic heterocycles. The SMILES string of the molecule is NCC(C(=O)O)c1c(C(F)(F)F)ccc2c1OCCO2. The van der Waals surface area contributed by atoms with Crippen LogP contribution in [0.2, 0.25) is 0 Å². The second-order valence-corrected chi connectivity index (χ2v) is 4.18. The number of ether oxygens (including phenoxy) is 2. The Hall–Kier alpha value is -1.96. The smallest absolute Gasteiger partial charge is 0.416 e. The van der Waals surface area contributed by atoms with Crippen molar-refractivity contribution >= 4 is 5.97 Å². The number of hydrogen-bond donors (Lipinski definition) is 2. The molecule has 20 heavy (non-hydrogen) atoms. The number of hydrogen-bond acceptors (Lipinski definition) is 4. The quantitative estimate of drug-likeness (QED) is 0.884. The predicted molar refractivity (Wildman–Crippen MR) is 61.9 cm³/mol. The van der Waals surface area contributed by atoms with Crippen LogP contribution in [0, 0.1) is 0 Å². The summed E-state index contributed by atoms with van der Waals surface area (Å²) in [6.07, 6.45) is -4.70. The number of halogens is 3. The number of nitrogens with two attached hydrogens (primary N) is 1. The molecule has 0 radical (unpaired) electrons. The molecule has 0 saturated heterocycles. The first-order chi connectivity index (χ1) is 9.36. The van der Waals surface area contributed by atoms with E-state index in [9.17, 15) is 18.0 Å². The third kappa shape index (κ3) is 2.51. The van der Waals surface area contributed by atoms with Crippen LogP contribution in [-0.2, 0) is 11.0 Å². The summed E-state index contributed by atoms with van der Waals surface area (Å²) in [5.74, 6) is -3.05. The summed E-state index contributed by atoms with van der Waals surface area (Å²) in [6.45, 7) is -0.228.